The molecule has 0 aromatic heterocycles. The summed E-state index contributed by atoms with van der Waals surface area (Å²) < 4.78 is 16.6. The zero-order valence-electron chi connectivity index (χ0n) is 13.1. The maximum absolute atomic E-state index is 12.0. The van der Waals surface area contributed by atoms with E-state index in [4.69, 9.17) is 14.2 Å². The first-order chi connectivity index (χ1) is 10.7. The molecular formula is C15H21N3O4. The minimum atomic E-state index is -0.264. The Balaban J connectivity index is 2.02. The lowest BCUT2D eigenvalue weighted by Gasteiger charge is -2.36. The third-order valence-electron chi connectivity index (χ3n) is 4.00. The van der Waals surface area contributed by atoms with Crippen molar-refractivity contribution in [2.75, 3.05) is 34.0 Å². The number of ether oxygens (including phenoxy) is 3. The molecule has 22 heavy (non-hydrogen) atoms. The molecule has 2 N–H and O–H groups in total. The smallest absolute Gasteiger partial charge is 0.316 e. The standard InChI is InChI=1S/C15H21N3O4/c1-4-16-15(19)17-14-11-9(5-6-18(14)2)7-10-12(13(11)20-3)22-8-21-10/h7,14H,4-6,8H2,1-3H3,(H2,16,17,19). The van der Waals surface area contributed by atoms with E-state index in [9.17, 15) is 4.79 Å². The van der Waals surface area contributed by atoms with Gasteiger partial charge in [0.15, 0.2) is 11.5 Å². The number of hydrogen-bond donors (Lipinski definition) is 2. The van der Waals surface area contributed by atoms with Gasteiger partial charge in [-0.3, -0.25) is 4.90 Å². The lowest BCUT2D eigenvalue weighted by molar-refractivity contribution is 0.169. The Morgan fingerprint density at radius 1 is 1.50 bits per heavy atom. The Kier molecular flexibility index (Phi) is 3.98. The van der Waals surface area contributed by atoms with Gasteiger partial charge in [-0.25, -0.2) is 4.79 Å². The van der Waals surface area contributed by atoms with Crippen LogP contribution in [-0.4, -0.2) is 45.0 Å². The number of nitrogens with zero attached hydrogens (tertiary/aromatic N) is 1. The van der Waals surface area contributed by atoms with Crippen molar-refractivity contribution in [3.8, 4) is 17.2 Å². The molecule has 120 valence electrons. The zero-order chi connectivity index (χ0) is 15.7. The van der Waals surface area contributed by atoms with Crippen LogP contribution in [-0.2, 0) is 6.42 Å². The molecule has 0 bridgehead atoms. The maximum atomic E-state index is 12.0. The topological polar surface area (TPSA) is 72.1 Å². The lowest BCUT2D eigenvalue weighted by atomic mass is 9.95. The number of likely N-dealkylation sites (N-methyl/N-ethyl adjacent to an activating group) is 1. The van der Waals surface area contributed by atoms with Gasteiger partial charge in [-0.05, 0) is 32.0 Å². The second-order valence-electron chi connectivity index (χ2n) is 5.35. The highest BCUT2D eigenvalue weighted by molar-refractivity contribution is 5.75. The van der Waals surface area contributed by atoms with Crippen LogP contribution in [0.1, 0.15) is 24.2 Å². The van der Waals surface area contributed by atoms with Gasteiger partial charge in [0.1, 0.15) is 6.17 Å². The number of benzene rings is 1. The maximum Gasteiger partial charge on any atom is 0.316 e. The summed E-state index contributed by atoms with van der Waals surface area (Å²) in [6.45, 7) is 3.50. The van der Waals surface area contributed by atoms with Crippen LogP contribution in [0.4, 0.5) is 4.79 Å². The van der Waals surface area contributed by atoms with Crippen molar-refractivity contribution in [3.63, 3.8) is 0 Å². The summed E-state index contributed by atoms with van der Waals surface area (Å²) in [5, 5.41) is 5.75. The van der Waals surface area contributed by atoms with E-state index >= 15 is 0 Å². The molecule has 2 amide bonds. The highest BCUT2D eigenvalue weighted by atomic mass is 16.7. The Morgan fingerprint density at radius 3 is 3.05 bits per heavy atom. The van der Waals surface area contributed by atoms with Gasteiger partial charge in [0.05, 0.1) is 7.11 Å². The first-order valence-corrected chi connectivity index (χ1v) is 7.39. The normalized spacial score (nSPS) is 19.5. The molecular weight excluding hydrogens is 286 g/mol. The third kappa shape index (κ3) is 2.41. The number of amides is 2. The molecule has 0 spiro atoms. The predicted octanol–water partition coefficient (Wildman–Crippen LogP) is 1.23. The van der Waals surface area contributed by atoms with E-state index in [1.807, 2.05) is 20.0 Å². The predicted molar refractivity (Wildman–Crippen MR) is 80.4 cm³/mol. The molecule has 0 fully saturated rings. The van der Waals surface area contributed by atoms with Gasteiger partial charge in [0.2, 0.25) is 12.5 Å². The molecule has 1 aromatic carbocycles. The Hall–Kier alpha value is -2.15. The number of nitrogens with one attached hydrogen (secondary N) is 2. The molecule has 2 heterocycles. The second-order valence-corrected chi connectivity index (χ2v) is 5.35. The van der Waals surface area contributed by atoms with E-state index < -0.39 is 0 Å². The summed E-state index contributed by atoms with van der Waals surface area (Å²) in [6.07, 6.45) is 0.603. The fourth-order valence-corrected chi connectivity index (χ4v) is 2.95. The fourth-order valence-electron chi connectivity index (χ4n) is 2.95. The van der Waals surface area contributed by atoms with Crippen molar-refractivity contribution in [1.82, 2.24) is 15.5 Å². The minimum Gasteiger partial charge on any atom is -0.492 e. The molecule has 7 nitrogen and oxygen atoms in total. The summed E-state index contributed by atoms with van der Waals surface area (Å²) in [5.41, 5.74) is 2.05. The van der Waals surface area contributed by atoms with Crippen LogP contribution in [0.3, 0.4) is 0 Å². The number of carbonyl (C=O) groups excluding carboxylic acids is 1. The van der Waals surface area contributed by atoms with Crippen molar-refractivity contribution < 1.29 is 19.0 Å². The fraction of sp³-hybridized carbons (Fsp3) is 0.533. The number of hydrogen-bond acceptors (Lipinski definition) is 5. The lowest BCUT2D eigenvalue weighted by Crippen LogP contribution is -2.47. The molecule has 1 atom stereocenters. The van der Waals surface area contributed by atoms with Gasteiger partial charge in [0, 0.05) is 18.7 Å². The number of fused-ring (bicyclic) bond motifs is 2. The second kappa shape index (κ2) is 5.92. The Labute approximate surface area is 129 Å². The quantitative estimate of drug-likeness (QED) is 0.879. The molecule has 0 radical (unpaired) electrons. The average Bonchev–Trinajstić information content (AvgIpc) is 2.96. The zero-order valence-corrected chi connectivity index (χ0v) is 13.1. The molecule has 0 aliphatic carbocycles. The summed E-state index contributed by atoms with van der Waals surface area (Å²) >= 11 is 0. The number of carbonyl (C=O) groups is 1. The van der Waals surface area contributed by atoms with Crippen LogP contribution in [0.15, 0.2) is 6.07 Å². The summed E-state index contributed by atoms with van der Waals surface area (Å²) in [7, 11) is 3.58. The van der Waals surface area contributed by atoms with Gasteiger partial charge in [0.25, 0.3) is 0 Å². The van der Waals surface area contributed by atoms with Gasteiger partial charge in [-0.1, -0.05) is 0 Å². The van der Waals surface area contributed by atoms with E-state index in [0.29, 0.717) is 23.8 Å². The van der Waals surface area contributed by atoms with Crippen LogP contribution in [0, 0.1) is 0 Å². The first kappa shape index (κ1) is 14.8. The van der Waals surface area contributed by atoms with Crippen molar-refractivity contribution in [1.29, 1.82) is 0 Å². The van der Waals surface area contributed by atoms with Crippen LogP contribution in [0.2, 0.25) is 0 Å². The van der Waals surface area contributed by atoms with E-state index in [0.717, 1.165) is 24.1 Å². The van der Waals surface area contributed by atoms with E-state index in [1.54, 1.807) is 7.11 Å². The minimum absolute atomic E-state index is 0.193. The van der Waals surface area contributed by atoms with Crippen molar-refractivity contribution in [2.24, 2.45) is 0 Å². The first-order valence-electron chi connectivity index (χ1n) is 7.39. The summed E-state index contributed by atoms with van der Waals surface area (Å²) in [5.74, 6) is 1.95. The molecule has 3 rings (SSSR count). The molecule has 2 aliphatic rings. The Bertz CT molecular complexity index is 591. The van der Waals surface area contributed by atoms with Crippen LogP contribution in [0.5, 0.6) is 17.2 Å². The molecule has 1 unspecified atom stereocenters. The van der Waals surface area contributed by atoms with Crippen LogP contribution >= 0.6 is 0 Å². The van der Waals surface area contributed by atoms with Crippen molar-refractivity contribution in [2.45, 2.75) is 19.5 Å². The highest BCUT2D eigenvalue weighted by Crippen LogP contribution is 2.48. The molecule has 0 saturated heterocycles. The van der Waals surface area contributed by atoms with E-state index in [2.05, 4.69) is 15.5 Å². The van der Waals surface area contributed by atoms with Crippen LogP contribution in [0.25, 0.3) is 0 Å². The monoisotopic (exact) mass is 307 g/mol. The van der Waals surface area contributed by atoms with Crippen molar-refractivity contribution in [3.05, 3.63) is 17.2 Å². The molecule has 1 aromatic rings. The number of methoxy groups -OCH3 is 1. The van der Waals surface area contributed by atoms with E-state index in [1.165, 1.54) is 0 Å². The van der Waals surface area contributed by atoms with Crippen molar-refractivity contribution >= 4 is 6.03 Å². The molecule has 0 saturated carbocycles. The third-order valence-corrected chi connectivity index (χ3v) is 4.00. The molecule has 2 aliphatic heterocycles. The number of rotatable bonds is 3. The van der Waals surface area contributed by atoms with Gasteiger partial charge in [-0.2, -0.15) is 0 Å². The largest absolute Gasteiger partial charge is 0.492 e. The summed E-state index contributed by atoms with van der Waals surface area (Å²) in [4.78, 5) is 14.0. The Morgan fingerprint density at radius 2 is 2.32 bits per heavy atom. The van der Waals surface area contributed by atoms with Gasteiger partial charge in [-0.15, -0.1) is 0 Å². The van der Waals surface area contributed by atoms with Crippen LogP contribution < -0.4 is 24.8 Å². The van der Waals surface area contributed by atoms with E-state index in [-0.39, 0.29) is 19.0 Å². The number of urea groups is 1. The molecule has 7 heteroatoms. The van der Waals surface area contributed by atoms with Gasteiger partial charge >= 0.3 is 6.03 Å². The van der Waals surface area contributed by atoms with Gasteiger partial charge < -0.3 is 24.8 Å². The highest BCUT2D eigenvalue weighted by Gasteiger charge is 2.34. The average molecular weight is 307 g/mol. The SMILES string of the molecule is CCNC(=O)NC1c2c(cc3c(c2OC)OCO3)CCN1C. The summed E-state index contributed by atoms with van der Waals surface area (Å²) in [6, 6.07) is 1.78.